The molecule has 1 N–H and O–H groups in total. The van der Waals surface area contributed by atoms with Gasteiger partial charge in [-0.05, 0) is 41.1 Å². The zero-order valence-corrected chi connectivity index (χ0v) is 14.0. The number of esters is 1. The van der Waals surface area contributed by atoms with E-state index < -0.39 is 11.8 Å². The molecule has 0 saturated heterocycles. The summed E-state index contributed by atoms with van der Waals surface area (Å²) in [6, 6.07) is 6.90. The molecule has 6 nitrogen and oxygen atoms in total. The molecule has 2 aromatic rings. The van der Waals surface area contributed by atoms with Gasteiger partial charge >= 0.3 is 5.97 Å². The number of carbonyl (C=O) groups excluding carboxylic acids is 2. The number of ether oxygens (including phenoxy) is 1. The first-order chi connectivity index (χ1) is 11.0. The molecule has 0 saturated carbocycles. The second-order valence-corrected chi connectivity index (χ2v) is 5.48. The van der Waals surface area contributed by atoms with Gasteiger partial charge in [0.25, 0.3) is 0 Å². The third-order valence-corrected chi connectivity index (χ3v) is 3.60. The molecule has 0 unspecified atom stereocenters. The summed E-state index contributed by atoms with van der Waals surface area (Å²) in [5.74, 6) is -1.15. The van der Waals surface area contributed by atoms with E-state index in [0.29, 0.717) is 15.9 Å². The van der Waals surface area contributed by atoms with Crippen molar-refractivity contribution in [2.75, 3.05) is 6.61 Å². The van der Waals surface area contributed by atoms with Crippen LogP contribution in [0.4, 0.5) is 0 Å². The standard InChI is InChI=1S/C16H15BrN2O4/c1-2-23-14(21)7-6-13(20)15-16(22)10(17)9-12(19-15)11-5-3-4-8-18-11/h3-5,8-9,22H,2,6-7H2,1H3. The van der Waals surface area contributed by atoms with Crippen LogP contribution in [0.25, 0.3) is 11.4 Å². The molecule has 0 radical (unpaired) electrons. The van der Waals surface area contributed by atoms with Crippen LogP contribution in [0.15, 0.2) is 34.9 Å². The lowest BCUT2D eigenvalue weighted by molar-refractivity contribution is -0.143. The maximum atomic E-state index is 12.2. The van der Waals surface area contributed by atoms with E-state index in [1.807, 2.05) is 0 Å². The number of ketones is 1. The van der Waals surface area contributed by atoms with Gasteiger partial charge in [0.05, 0.1) is 28.9 Å². The molecular formula is C16H15BrN2O4. The first-order valence-electron chi connectivity index (χ1n) is 7.02. The van der Waals surface area contributed by atoms with Crippen molar-refractivity contribution in [1.29, 1.82) is 0 Å². The molecule has 2 rings (SSSR count). The largest absolute Gasteiger partial charge is 0.504 e. The van der Waals surface area contributed by atoms with Crippen LogP contribution in [0.2, 0.25) is 0 Å². The van der Waals surface area contributed by atoms with Crippen LogP contribution in [0.1, 0.15) is 30.3 Å². The Bertz CT molecular complexity index is 720. The number of aromatic hydroxyl groups is 1. The lowest BCUT2D eigenvalue weighted by atomic mass is 10.1. The summed E-state index contributed by atoms with van der Waals surface area (Å²) in [6.07, 6.45) is 1.47. The maximum Gasteiger partial charge on any atom is 0.306 e. The van der Waals surface area contributed by atoms with Crippen molar-refractivity contribution in [3.05, 3.63) is 40.6 Å². The Balaban J connectivity index is 2.26. The lowest BCUT2D eigenvalue weighted by Crippen LogP contribution is -2.10. The highest BCUT2D eigenvalue weighted by Gasteiger charge is 2.19. The smallest absolute Gasteiger partial charge is 0.306 e. The molecule has 0 bridgehead atoms. The first kappa shape index (κ1) is 17.1. The van der Waals surface area contributed by atoms with Crippen LogP contribution in [0.3, 0.4) is 0 Å². The van der Waals surface area contributed by atoms with E-state index >= 15 is 0 Å². The van der Waals surface area contributed by atoms with E-state index in [4.69, 9.17) is 4.74 Å². The number of hydrogen-bond donors (Lipinski definition) is 1. The Hall–Kier alpha value is -2.28. The highest BCUT2D eigenvalue weighted by atomic mass is 79.9. The maximum absolute atomic E-state index is 12.2. The second-order valence-electron chi connectivity index (χ2n) is 4.63. The van der Waals surface area contributed by atoms with E-state index in [0.717, 1.165) is 0 Å². The van der Waals surface area contributed by atoms with Gasteiger partial charge in [-0.1, -0.05) is 6.07 Å². The predicted octanol–water partition coefficient (Wildman–Crippen LogP) is 3.14. The van der Waals surface area contributed by atoms with E-state index in [2.05, 4.69) is 25.9 Å². The van der Waals surface area contributed by atoms with Gasteiger partial charge in [0, 0.05) is 12.6 Å². The zero-order chi connectivity index (χ0) is 16.8. The Morgan fingerprint density at radius 1 is 1.26 bits per heavy atom. The van der Waals surface area contributed by atoms with Gasteiger partial charge in [0.1, 0.15) is 5.69 Å². The van der Waals surface area contributed by atoms with Gasteiger partial charge in [-0.15, -0.1) is 0 Å². The third kappa shape index (κ3) is 4.35. The number of aromatic nitrogens is 2. The van der Waals surface area contributed by atoms with Crippen molar-refractivity contribution in [2.24, 2.45) is 0 Å². The molecule has 0 amide bonds. The summed E-state index contributed by atoms with van der Waals surface area (Å²) in [5.41, 5.74) is 0.937. The van der Waals surface area contributed by atoms with Crippen LogP contribution in [0, 0.1) is 0 Å². The monoisotopic (exact) mass is 378 g/mol. The Morgan fingerprint density at radius 3 is 2.70 bits per heavy atom. The lowest BCUT2D eigenvalue weighted by Gasteiger charge is -2.08. The van der Waals surface area contributed by atoms with Crippen LogP contribution in [0.5, 0.6) is 5.75 Å². The number of hydrogen-bond acceptors (Lipinski definition) is 6. The van der Waals surface area contributed by atoms with Crippen molar-refractivity contribution in [1.82, 2.24) is 9.97 Å². The summed E-state index contributed by atoms with van der Waals surface area (Å²) < 4.78 is 5.12. The van der Waals surface area contributed by atoms with Gasteiger partial charge in [0.15, 0.2) is 11.5 Å². The SMILES string of the molecule is CCOC(=O)CCC(=O)c1nc(-c2ccccn2)cc(Br)c1O. The van der Waals surface area contributed by atoms with Crippen LogP contribution in [-0.4, -0.2) is 33.4 Å². The molecule has 7 heteroatoms. The van der Waals surface area contributed by atoms with Crippen molar-refractivity contribution < 1.29 is 19.4 Å². The highest BCUT2D eigenvalue weighted by Crippen LogP contribution is 2.31. The predicted molar refractivity (Wildman–Crippen MR) is 87.0 cm³/mol. The average Bonchev–Trinajstić information content (AvgIpc) is 2.56. The average molecular weight is 379 g/mol. The number of nitrogens with zero attached hydrogens (tertiary/aromatic N) is 2. The fourth-order valence-electron chi connectivity index (χ4n) is 1.91. The molecular weight excluding hydrogens is 364 g/mol. The van der Waals surface area contributed by atoms with Gasteiger partial charge in [-0.2, -0.15) is 0 Å². The molecule has 23 heavy (non-hydrogen) atoms. The van der Waals surface area contributed by atoms with Crippen LogP contribution in [-0.2, 0) is 9.53 Å². The molecule has 120 valence electrons. The number of pyridine rings is 2. The second kappa shape index (κ2) is 7.82. The summed E-state index contributed by atoms with van der Waals surface area (Å²) >= 11 is 3.21. The molecule has 2 heterocycles. The van der Waals surface area contributed by atoms with E-state index in [-0.39, 0.29) is 30.9 Å². The van der Waals surface area contributed by atoms with E-state index in [1.54, 1.807) is 37.4 Å². The molecule has 0 aliphatic heterocycles. The molecule has 0 spiro atoms. The molecule has 0 fully saturated rings. The van der Waals surface area contributed by atoms with Crippen molar-refractivity contribution in [3.8, 4) is 17.1 Å². The number of halogens is 1. The Labute approximate surface area is 141 Å². The fraction of sp³-hybridized carbons (Fsp3) is 0.250. The minimum atomic E-state index is -0.458. The molecule has 0 atom stereocenters. The molecule has 0 aliphatic rings. The van der Waals surface area contributed by atoms with Gasteiger partial charge in [0.2, 0.25) is 0 Å². The number of Topliss-reactive ketones (excluding diaryl/α,β-unsaturated/α-hetero) is 1. The minimum Gasteiger partial charge on any atom is -0.504 e. The highest BCUT2D eigenvalue weighted by molar-refractivity contribution is 9.10. The van der Waals surface area contributed by atoms with Gasteiger partial charge in [-0.3, -0.25) is 14.6 Å². The van der Waals surface area contributed by atoms with Crippen molar-refractivity contribution >= 4 is 27.7 Å². The molecule has 0 aromatic carbocycles. The molecule has 2 aromatic heterocycles. The quantitative estimate of drug-likeness (QED) is 0.613. The third-order valence-electron chi connectivity index (χ3n) is 3.00. The van der Waals surface area contributed by atoms with E-state index in [9.17, 15) is 14.7 Å². The minimum absolute atomic E-state index is 0.0563. The first-order valence-corrected chi connectivity index (χ1v) is 7.82. The topological polar surface area (TPSA) is 89.4 Å². The summed E-state index contributed by atoms with van der Waals surface area (Å²) in [7, 11) is 0. The Morgan fingerprint density at radius 2 is 2.04 bits per heavy atom. The zero-order valence-electron chi connectivity index (χ0n) is 12.5. The van der Waals surface area contributed by atoms with Crippen LogP contribution >= 0.6 is 15.9 Å². The summed E-state index contributed by atoms with van der Waals surface area (Å²) in [5, 5.41) is 10.0. The Kier molecular flexibility index (Phi) is 5.81. The number of carbonyl (C=O) groups is 2. The van der Waals surface area contributed by atoms with Gasteiger partial charge < -0.3 is 9.84 Å². The normalized spacial score (nSPS) is 10.3. The van der Waals surface area contributed by atoms with Crippen LogP contribution < -0.4 is 0 Å². The molecule has 0 aliphatic carbocycles. The fourth-order valence-corrected chi connectivity index (χ4v) is 2.32. The summed E-state index contributed by atoms with van der Waals surface area (Å²) in [6.45, 7) is 1.96. The van der Waals surface area contributed by atoms with Crippen molar-refractivity contribution in [2.45, 2.75) is 19.8 Å². The van der Waals surface area contributed by atoms with Crippen molar-refractivity contribution in [3.63, 3.8) is 0 Å². The van der Waals surface area contributed by atoms with Gasteiger partial charge in [-0.25, -0.2) is 4.98 Å². The summed E-state index contributed by atoms with van der Waals surface area (Å²) in [4.78, 5) is 31.9. The number of rotatable bonds is 6. The van der Waals surface area contributed by atoms with E-state index in [1.165, 1.54) is 0 Å².